The van der Waals surface area contributed by atoms with E-state index in [0.717, 1.165) is 5.75 Å². The van der Waals surface area contributed by atoms with Crippen LogP contribution in [0.3, 0.4) is 0 Å². The number of ether oxygens (including phenoxy) is 1. The van der Waals surface area contributed by atoms with E-state index in [1.54, 1.807) is 6.92 Å². The second kappa shape index (κ2) is 6.75. The monoisotopic (exact) mass is 271 g/mol. The van der Waals surface area contributed by atoms with Gasteiger partial charge in [0.25, 0.3) is 0 Å². The van der Waals surface area contributed by atoms with E-state index in [4.69, 9.17) is 4.74 Å². The highest BCUT2D eigenvalue weighted by Crippen LogP contribution is 2.18. The third-order valence-electron chi connectivity index (χ3n) is 2.62. The van der Waals surface area contributed by atoms with Gasteiger partial charge in [0.2, 0.25) is 10.0 Å². The Balaban J connectivity index is 2.36. The van der Waals surface area contributed by atoms with Gasteiger partial charge in [-0.1, -0.05) is 26.0 Å². The van der Waals surface area contributed by atoms with E-state index in [1.165, 1.54) is 5.56 Å². The quantitative estimate of drug-likeness (QED) is 0.773. The van der Waals surface area contributed by atoms with Crippen molar-refractivity contribution in [1.82, 2.24) is 4.72 Å². The fourth-order valence-electron chi connectivity index (χ4n) is 1.42. The van der Waals surface area contributed by atoms with Crippen LogP contribution in [0.5, 0.6) is 5.75 Å². The van der Waals surface area contributed by atoms with Crippen molar-refractivity contribution in [3.05, 3.63) is 29.8 Å². The minimum atomic E-state index is -3.12. The largest absolute Gasteiger partial charge is 0.492 e. The first-order valence-corrected chi connectivity index (χ1v) is 7.80. The average Bonchev–Trinajstić information content (AvgIpc) is 2.35. The molecule has 0 bridgehead atoms. The van der Waals surface area contributed by atoms with E-state index in [0.29, 0.717) is 19.1 Å². The van der Waals surface area contributed by atoms with E-state index in [9.17, 15) is 8.42 Å². The molecule has 1 N–H and O–H groups in total. The van der Waals surface area contributed by atoms with E-state index >= 15 is 0 Å². The van der Waals surface area contributed by atoms with Crippen LogP contribution in [0, 0.1) is 0 Å². The van der Waals surface area contributed by atoms with Crippen molar-refractivity contribution in [3.63, 3.8) is 0 Å². The van der Waals surface area contributed by atoms with Gasteiger partial charge in [0.1, 0.15) is 12.4 Å². The molecule has 18 heavy (non-hydrogen) atoms. The predicted molar refractivity (Wildman–Crippen MR) is 73.5 cm³/mol. The number of hydrogen-bond donors (Lipinski definition) is 1. The Labute approximate surface area is 109 Å². The van der Waals surface area contributed by atoms with Gasteiger partial charge in [0, 0.05) is 6.54 Å². The van der Waals surface area contributed by atoms with Crippen LogP contribution in [-0.4, -0.2) is 27.3 Å². The summed E-state index contributed by atoms with van der Waals surface area (Å²) in [6, 6.07) is 7.86. The zero-order valence-corrected chi connectivity index (χ0v) is 12.0. The van der Waals surface area contributed by atoms with Gasteiger partial charge in [-0.15, -0.1) is 0 Å². The minimum absolute atomic E-state index is 0.0933. The Hall–Kier alpha value is -1.07. The number of benzene rings is 1. The Morgan fingerprint density at radius 2 is 1.83 bits per heavy atom. The highest BCUT2D eigenvalue weighted by molar-refractivity contribution is 7.89. The molecule has 0 atom stereocenters. The summed E-state index contributed by atoms with van der Waals surface area (Å²) in [5, 5.41) is 0. The average molecular weight is 271 g/mol. The lowest BCUT2D eigenvalue weighted by molar-refractivity contribution is 0.322. The number of nitrogens with one attached hydrogen (secondary N) is 1. The molecule has 4 nitrogen and oxygen atoms in total. The molecule has 1 rings (SSSR count). The Morgan fingerprint density at radius 3 is 2.33 bits per heavy atom. The van der Waals surface area contributed by atoms with Gasteiger partial charge in [-0.05, 0) is 30.5 Å². The van der Waals surface area contributed by atoms with Crippen molar-refractivity contribution in [2.45, 2.75) is 26.7 Å². The first-order valence-electron chi connectivity index (χ1n) is 6.14. The Bertz CT molecular complexity index is 452. The molecule has 0 spiro atoms. The van der Waals surface area contributed by atoms with Crippen molar-refractivity contribution in [2.24, 2.45) is 0 Å². The summed E-state index contributed by atoms with van der Waals surface area (Å²) in [6.45, 7) is 6.50. The van der Waals surface area contributed by atoms with Crippen LogP contribution in [0.1, 0.15) is 32.3 Å². The maximum atomic E-state index is 11.2. The molecule has 0 aliphatic rings. The summed E-state index contributed by atoms with van der Waals surface area (Å²) in [4.78, 5) is 0. The van der Waals surface area contributed by atoms with Crippen LogP contribution in [0.2, 0.25) is 0 Å². The fourth-order valence-corrected chi connectivity index (χ4v) is 2.02. The molecule has 0 heterocycles. The molecule has 0 amide bonds. The van der Waals surface area contributed by atoms with Crippen molar-refractivity contribution < 1.29 is 13.2 Å². The standard InChI is InChI=1S/C13H21NO3S/c1-4-18(15,16)14-9-10-17-13-7-5-12(6-8-13)11(2)3/h5-8,11,14H,4,9-10H2,1-3H3. The van der Waals surface area contributed by atoms with Crippen LogP contribution in [0.15, 0.2) is 24.3 Å². The van der Waals surface area contributed by atoms with Gasteiger partial charge in [-0.3, -0.25) is 0 Å². The molecule has 0 aromatic heterocycles. The Morgan fingerprint density at radius 1 is 1.22 bits per heavy atom. The van der Waals surface area contributed by atoms with Crippen molar-refractivity contribution in [1.29, 1.82) is 0 Å². The summed E-state index contributed by atoms with van der Waals surface area (Å²) in [7, 11) is -3.12. The summed E-state index contributed by atoms with van der Waals surface area (Å²) in [5.41, 5.74) is 1.26. The molecule has 0 saturated carbocycles. The smallest absolute Gasteiger partial charge is 0.211 e. The molecule has 5 heteroatoms. The normalized spacial score (nSPS) is 11.8. The molecule has 0 aliphatic heterocycles. The minimum Gasteiger partial charge on any atom is -0.492 e. The van der Waals surface area contributed by atoms with Crippen LogP contribution >= 0.6 is 0 Å². The predicted octanol–water partition coefficient (Wildman–Crippen LogP) is 2.13. The van der Waals surface area contributed by atoms with Gasteiger partial charge in [-0.2, -0.15) is 0 Å². The topological polar surface area (TPSA) is 55.4 Å². The van der Waals surface area contributed by atoms with E-state index in [2.05, 4.69) is 18.6 Å². The lowest BCUT2D eigenvalue weighted by Crippen LogP contribution is -2.29. The lowest BCUT2D eigenvalue weighted by Gasteiger charge is -2.09. The van der Waals surface area contributed by atoms with Crippen LogP contribution in [-0.2, 0) is 10.0 Å². The summed E-state index contributed by atoms with van der Waals surface area (Å²) < 4.78 is 30.2. The van der Waals surface area contributed by atoms with Gasteiger partial charge >= 0.3 is 0 Å². The molecular formula is C13H21NO3S. The molecule has 1 aromatic rings. The first kappa shape index (κ1) is 15.0. The summed E-state index contributed by atoms with van der Waals surface area (Å²) >= 11 is 0. The molecule has 102 valence electrons. The maximum Gasteiger partial charge on any atom is 0.211 e. The summed E-state index contributed by atoms with van der Waals surface area (Å²) in [6.07, 6.45) is 0. The van der Waals surface area contributed by atoms with E-state index in [1.807, 2.05) is 24.3 Å². The van der Waals surface area contributed by atoms with Crippen molar-refractivity contribution >= 4 is 10.0 Å². The second-order valence-electron chi connectivity index (χ2n) is 4.37. The zero-order chi connectivity index (χ0) is 13.6. The lowest BCUT2D eigenvalue weighted by atomic mass is 10.0. The number of hydrogen-bond acceptors (Lipinski definition) is 3. The Kier molecular flexibility index (Phi) is 5.62. The first-order chi connectivity index (χ1) is 8.44. The molecule has 1 aromatic carbocycles. The molecule has 0 aliphatic carbocycles. The molecule has 0 saturated heterocycles. The second-order valence-corrected chi connectivity index (χ2v) is 6.47. The van der Waals surface area contributed by atoms with Crippen molar-refractivity contribution in [2.75, 3.05) is 18.9 Å². The van der Waals surface area contributed by atoms with Gasteiger partial charge in [0.15, 0.2) is 0 Å². The third-order valence-corrected chi connectivity index (χ3v) is 4.02. The number of sulfonamides is 1. The summed E-state index contributed by atoms with van der Waals surface area (Å²) in [5.74, 6) is 1.35. The van der Waals surface area contributed by atoms with Gasteiger partial charge < -0.3 is 4.74 Å². The molecule has 0 radical (unpaired) electrons. The van der Waals surface area contributed by atoms with E-state index in [-0.39, 0.29) is 5.75 Å². The fraction of sp³-hybridized carbons (Fsp3) is 0.538. The SMILES string of the molecule is CCS(=O)(=O)NCCOc1ccc(C(C)C)cc1. The van der Waals surface area contributed by atoms with Crippen LogP contribution in [0.4, 0.5) is 0 Å². The third kappa shape index (κ3) is 5.06. The molecule has 0 unspecified atom stereocenters. The highest BCUT2D eigenvalue weighted by atomic mass is 32.2. The van der Waals surface area contributed by atoms with Gasteiger partial charge in [0.05, 0.1) is 5.75 Å². The zero-order valence-electron chi connectivity index (χ0n) is 11.1. The number of rotatable bonds is 7. The van der Waals surface area contributed by atoms with Gasteiger partial charge in [-0.25, -0.2) is 13.1 Å². The van der Waals surface area contributed by atoms with Crippen LogP contribution < -0.4 is 9.46 Å². The van der Waals surface area contributed by atoms with E-state index < -0.39 is 10.0 Å². The van der Waals surface area contributed by atoms with Crippen LogP contribution in [0.25, 0.3) is 0 Å². The highest BCUT2D eigenvalue weighted by Gasteiger charge is 2.05. The molecule has 0 fully saturated rings. The maximum absolute atomic E-state index is 11.2. The molecular weight excluding hydrogens is 250 g/mol. The van der Waals surface area contributed by atoms with Crippen molar-refractivity contribution in [3.8, 4) is 5.75 Å².